The molecule has 3 aromatic carbocycles. The van der Waals surface area contributed by atoms with E-state index < -0.39 is 102 Å². The van der Waals surface area contributed by atoms with Gasteiger partial charge in [0.05, 0.1) is 11.7 Å². The van der Waals surface area contributed by atoms with Crippen molar-refractivity contribution in [1.29, 1.82) is 0 Å². The predicted octanol–water partition coefficient (Wildman–Crippen LogP) is 5.24. The van der Waals surface area contributed by atoms with Crippen molar-refractivity contribution in [2.24, 2.45) is 23.5 Å². The van der Waals surface area contributed by atoms with Crippen molar-refractivity contribution in [2.45, 2.75) is 123 Å². The Bertz CT molecular complexity index is 2250. The number of rotatable bonds is 22. The molecule has 0 aliphatic rings. The quantitative estimate of drug-likeness (QED) is 0.0558. The van der Waals surface area contributed by atoms with Gasteiger partial charge in [-0.25, -0.2) is 27.9 Å². The van der Waals surface area contributed by atoms with Gasteiger partial charge in [0, 0.05) is 25.6 Å². The summed E-state index contributed by atoms with van der Waals surface area (Å²) in [7, 11) is 0. The lowest BCUT2D eigenvalue weighted by Crippen LogP contribution is -2.64. The molecule has 6 atom stereocenters. The number of benzene rings is 3. The monoisotopic (exact) mass is 931 g/mol. The summed E-state index contributed by atoms with van der Waals surface area (Å²) < 4.78 is 44.7. The minimum Gasteiger partial charge on any atom is -0.445 e. The number of nitrogens with one attached hydrogen (secondary N) is 4. The molecule has 0 fully saturated rings. The molecule has 4 unspecified atom stereocenters. The maximum Gasteiger partial charge on any atom is 0.419 e. The van der Waals surface area contributed by atoms with Crippen LogP contribution in [0.3, 0.4) is 0 Å². The Morgan fingerprint density at radius 2 is 1.28 bits per heavy atom. The molecule has 4 amide bonds. The zero-order chi connectivity index (χ0) is 49.5. The van der Waals surface area contributed by atoms with Crippen LogP contribution in [0.5, 0.6) is 0 Å². The lowest BCUT2D eigenvalue weighted by atomic mass is 9.82. The lowest BCUT2D eigenvalue weighted by molar-refractivity contribution is -0.161. The number of hydrogen-bond donors (Lipinski definition) is 6. The van der Waals surface area contributed by atoms with E-state index in [1.54, 1.807) is 126 Å². The highest BCUT2D eigenvalue weighted by Gasteiger charge is 2.54. The molecule has 0 radical (unpaired) electrons. The summed E-state index contributed by atoms with van der Waals surface area (Å²) in [5.41, 5.74) is 7.20. The predicted molar refractivity (Wildman–Crippen MR) is 245 cm³/mol. The van der Waals surface area contributed by atoms with E-state index in [4.69, 9.17) is 15.2 Å². The van der Waals surface area contributed by atoms with Gasteiger partial charge in [0.2, 0.25) is 17.7 Å². The molecule has 4 aromatic rings. The summed E-state index contributed by atoms with van der Waals surface area (Å²) in [6.45, 7) is 11.2. The molecule has 1 heterocycles. The van der Waals surface area contributed by atoms with Gasteiger partial charge < -0.3 is 41.6 Å². The van der Waals surface area contributed by atoms with Crippen molar-refractivity contribution in [3.63, 3.8) is 0 Å². The molecule has 18 heteroatoms. The van der Waals surface area contributed by atoms with E-state index in [9.17, 15) is 33.9 Å². The van der Waals surface area contributed by atoms with Crippen LogP contribution in [0.1, 0.15) is 77.3 Å². The van der Waals surface area contributed by atoms with Crippen molar-refractivity contribution < 1.29 is 52.1 Å². The summed E-state index contributed by atoms with van der Waals surface area (Å²) in [6, 6.07) is 18.8. The molecular formula is C49H63F2N7O9. The first-order valence-electron chi connectivity index (χ1n) is 22.1. The normalized spacial score (nSPS) is 14.5. The molecule has 4 rings (SSSR count). The van der Waals surface area contributed by atoms with Gasteiger partial charge in [0.1, 0.15) is 48.7 Å². The standard InChI is InChI=1S/C49H63F2N7O9/c1-30(2)23-36(42(60)49(50,51)41(52)40(59)39(31(3)4)45(63)53-26-33-19-13-9-14-20-33)55-44(62)38(25-35-27-58(29-54-35)47(65)67-48(5,6)7)56-43(61)37(24-32-17-11-8-12-18-32)57-46(64)66-28-34-21-15-10-16-22-34/h8-22,27,29-31,36-39,41-42,60H,23-26,28,52H2,1-7H3,(H,53,63)(H,55,62)(H,56,61)(H,57,64)/t36?,37-,38-,39?,41?,42?/m0/s1. The number of ketones is 1. The minimum atomic E-state index is -4.40. The number of halogens is 2. The Labute approximate surface area is 389 Å². The number of alkyl halides is 2. The molecule has 7 N–H and O–H groups in total. The molecular weight excluding hydrogens is 869 g/mol. The SMILES string of the molecule is CC(C)CC(NC(=O)[C@H](Cc1cn(C(=O)OC(C)(C)C)cn1)NC(=O)[C@H](Cc1ccccc1)NC(=O)OCc1ccccc1)C(O)C(F)(F)C(N)C(=O)C(C(=O)NCc1ccccc1)C(C)C. The molecule has 0 saturated heterocycles. The number of imidazole rings is 1. The molecule has 0 aliphatic heterocycles. The second-order valence-corrected chi connectivity index (χ2v) is 18.1. The number of carbonyl (C=O) groups is 6. The molecule has 362 valence electrons. The van der Waals surface area contributed by atoms with Gasteiger partial charge >= 0.3 is 12.2 Å². The van der Waals surface area contributed by atoms with Crippen LogP contribution >= 0.6 is 0 Å². The fourth-order valence-electron chi connectivity index (χ4n) is 7.09. The van der Waals surface area contributed by atoms with Gasteiger partial charge in [-0.2, -0.15) is 0 Å². The molecule has 0 bridgehead atoms. The van der Waals surface area contributed by atoms with E-state index in [0.29, 0.717) is 16.7 Å². The fraction of sp³-hybridized carbons (Fsp3) is 0.449. The largest absolute Gasteiger partial charge is 0.445 e. The van der Waals surface area contributed by atoms with Gasteiger partial charge in [-0.3, -0.25) is 19.2 Å². The van der Waals surface area contributed by atoms with Crippen LogP contribution in [0.4, 0.5) is 18.4 Å². The average Bonchev–Trinajstić information content (AvgIpc) is 3.75. The maximum absolute atomic E-state index is 16.5. The topological polar surface area (TPSA) is 233 Å². The Kier molecular flexibility index (Phi) is 19.3. The number of aromatic nitrogens is 2. The van der Waals surface area contributed by atoms with Gasteiger partial charge in [0.15, 0.2) is 5.78 Å². The van der Waals surface area contributed by atoms with Crippen LogP contribution in [-0.2, 0) is 54.6 Å². The number of aliphatic hydroxyl groups is 1. The van der Waals surface area contributed by atoms with Crippen molar-refractivity contribution in [2.75, 3.05) is 0 Å². The van der Waals surface area contributed by atoms with Crippen molar-refractivity contribution in [3.8, 4) is 0 Å². The summed E-state index contributed by atoms with van der Waals surface area (Å²) in [5.74, 6) is -11.3. The van der Waals surface area contributed by atoms with Crippen molar-refractivity contribution in [1.82, 2.24) is 30.8 Å². The molecule has 0 spiro atoms. The fourth-order valence-corrected chi connectivity index (χ4v) is 7.09. The lowest BCUT2D eigenvalue weighted by Gasteiger charge is -2.35. The third kappa shape index (κ3) is 16.4. The van der Waals surface area contributed by atoms with Crippen LogP contribution in [0, 0.1) is 17.8 Å². The number of alkyl carbamates (subject to hydrolysis) is 1. The summed E-state index contributed by atoms with van der Waals surface area (Å²) >= 11 is 0. The summed E-state index contributed by atoms with van der Waals surface area (Å²) in [5, 5.41) is 21.7. The summed E-state index contributed by atoms with van der Waals surface area (Å²) in [4.78, 5) is 85.8. The van der Waals surface area contributed by atoms with Crippen molar-refractivity contribution >= 4 is 35.7 Å². The third-order valence-corrected chi connectivity index (χ3v) is 10.5. The Hall–Kier alpha value is -6.53. The number of Topliss-reactive ketones (excluding diaryl/α,β-unsaturated/α-hetero) is 1. The number of aliphatic hydroxyl groups excluding tert-OH is 1. The smallest absolute Gasteiger partial charge is 0.419 e. The van der Waals surface area contributed by atoms with Gasteiger partial charge in [-0.15, -0.1) is 0 Å². The Morgan fingerprint density at radius 3 is 1.84 bits per heavy atom. The van der Waals surface area contributed by atoms with E-state index >= 15 is 8.78 Å². The van der Waals surface area contributed by atoms with Crippen LogP contribution in [-0.4, -0.2) is 92.1 Å². The Balaban J connectivity index is 1.62. The Morgan fingerprint density at radius 1 is 0.746 bits per heavy atom. The maximum atomic E-state index is 16.5. The number of nitrogens with zero attached hydrogens (tertiary/aromatic N) is 2. The molecule has 67 heavy (non-hydrogen) atoms. The number of amides is 4. The molecule has 0 saturated carbocycles. The number of nitrogens with two attached hydrogens (primary N) is 1. The molecule has 0 aliphatic carbocycles. The van der Waals surface area contributed by atoms with Crippen LogP contribution in [0.2, 0.25) is 0 Å². The highest BCUT2D eigenvalue weighted by Crippen LogP contribution is 2.30. The second kappa shape index (κ2) is 24.3. The highest BCUT2D eigenvalue weighted by atomic mass is 19.3. The number of ether oxygens (including phenoxy) is 2. The first kappa shape index (κ1) is 53.1. The first-order chi connectivity index (χ1) is 31.5. The summed E-state index contributed by atoms with van der Waals surface area (Å²) in [6.07, 6.45) is -2.85. The zero-order valence-corrected chi connectivity index (χ0v) is 38.9. The van der Waals surface area contributed by atoms with Crippen LogP contribution < -0.4 is 27.0 Å². The average molecular weight is 932 g/mol. The van der Waals surface area contributed by atoms with E-state index in [-0.39, 0.29) is 31.7 Å². The van der Waals surface area contributed by atoms with Crippen molar-refractivity contribution in [3.05, 3.63) is 126 Å². The minimum absolute atomic E-state index is 0.0211. The van der Waals surface area contributed by atoms with Gasteiger partial charge in [-0.05, 0) is 55.7 Å². The third-order valence-electron chi connectivity index (χ3n) is 10.5. The number of hydrogen-bond acceptors (Lipinski definition) is 11. The van der Waals surface area contributed by atoms with E-state index in [1.807, 2.05) is 0 Å². The van der Waals surface area contributed by atoms with Crippen LogP contribution in [0.15, 0.2) is 104 Å². The van der Waals surface area contributed by atoms with E-state index in [1.165, 1.54) is 20.0 Å². The zero-order valence-electron chi connectivity index (χ0n) is 38.9. The molecule has 1 aromatic heterocycles. The van der Waals surface area contributed by atoms with Gasteiger partial charge in [-0.1, -0.05) is 119 Å². The van der Waals surface area contributed by atoms with Gasteiger partial charge in [0.25, 0.3) is 5.92 Å². The number of carbonyl (C=O) groups excluding carboxylic acids is 6. The second-order valence-electron chi connectivity index (χ2n) is 18.1. The highest BCUT2D eigenvalue weighted by molar-refractivity contribution is 6.04. The molecule has 16 nitrogen and oxygen atoms in total. The van der Waals surface area contributed by atoms with Crippen LogP contribution in [0.25, 0.3) is 0 Å². The van der Waals surface area contributed by atoms with E-state index in [2.05, 4.69) is 26.3 Å². The van der Waals surface area contributed by atoms with E-state index in [0.717, 1.165) is 10.9 Å². The first-order valence-corrected chi connectivity index (χ1v) is 22.1.